The van der Waals surface area contributed by atoms with Crippen LogP contribution in [-0.2, 0) is 4.74 Å². The maximum Gasteiger partial charge on any atom is 0.255 e. The molecule has 1 aromatic carbocycles. The van der Waals surface area contributed by atoms with Gasteiger partial charge in [-0.05, 0) is 38.8 Å². The molecule has 1 aliphatic heterocycles. The number of anilines is 1. The van der Waals surface area contributed by atoms with E-state index in [1.807, 2.05) is 39.1 Å². The van der Waals surface area contributed by atoms with E-state index in [2.05, 4.69) is 5.32 Å². The Hall–Kier alpha value is -1.55. The van der Waals surface area contributed by atoms with Gasteiger partial charge in [0.05, 0.1) is 11.7 Å². The van der Waals surface area contributed by atoms with E-state index in [0.29, 0.717) is 6.54 Å². The molecule has 0 saturated carbocycles. The monoisotopic (exact) mass is 276 g/mol. The lowest BCUT2D eigenvalue weighted by atomic mass is 10.1. The predicted octanol–water partition coefficient (Wildman–Crippen LogP) is 2.68. The second-order valence-corrected chi connectivity index (χ2v) is 5.40. The minimum atomic E-state index is 0.0557. The number of benzene rings is 1. The number of carbonyl (C=O) groups is 1. The number of likely N-dealkylation sites (N-methyl/N-ethyl adjacent to an activating group) is 1. The molecule has 4 heteroatoms. The van der Waals surface area contributed by atoms with E-state index < -0.39 is 0 Å². The van der Waals surface area contributed by atoms with Gasteiger partial charge in [-0.1, -0.05) is 11.6 Å². The molecule has 1 aliphatic rings. The van der Waals surface area contributed by atoms with Crippen molar-refractivity contribution < 1.29 is 9.53 Å². The lowest BCUT2D eigenvalue weighted by Crippen LogP contribution is -2.34. The summed E-state index contributed by atoms with van der Waals surface area (Å²) in [6.07, 6.45) is 2.34. The Bertz CT molecular complexity index is 468. The largest absolute Gasteiger partial charge is 0.385 e. The SMILES string of the molecule is CCNc1ccc(C)cc1C(=O)N(C)CC1CCCO1. The predicted molar refractivity (Wildman–Crippen MR) is 81.3 cm³/mol. The van der Waals surface area contributed by atoms with Crippen LogP contribution in [0.15, 0.2) is 18.2 Å². The van der Waals surface area contributed by atoms with Crippen LogP contribution in [0.25, 0.3) is 0 Å². The fourth-order valence-electron chi connectivity index (χ4n) is 2.56. The standard InChI is InChI=1S/C16H24N2O2/c1-4-17-15-8-7-12(2)10-14(15)16(19)18(3)11-13-6-5-9-20-13/h7-8,10,13,17H,4-6,9,11H2,1-3H3. The van der Waals surface area contributed by atoms with Gasteiger partial charge in [0.15, 0.2) is 0 Å². The zero-order valence-corrected chi connectivity index (χ0v) is 12.6. The van der Waals surface area contributed by atoms with Gasteiger partial charge in [0.25, 0.3) is 5.91 Å². The first-order valence-electron chi connectivity index (χ1n) is 7.33. The number of ether oxygens (including phenoxy) is 1. The Morgan fingerprint density at radius 2 is 2.30 bits per heavy atom. The van der Waals surface area contributed by atoms with Crippen LogP contribution in [0.5, 0.6) is 0 Å². The van der Waals surface area contributed by atoms with E-state index in [4.69, 9.17) is 4.74 Å². The molecule has 1 saturated heterocycles. The van der Waals surface area contributed by atoms with E-state index in [1.165, 1.54) is 0 Å². The summed E-state index contributed by atoms with van der Waals surface area (Å²) in [6.45, 7) is 6.33. The summed E-state index contributed by atoms with van der Waals surface area (Å²) in [7, 11) is 1.85. The summed E-state index contributed by atoms with van der Waals surface area (Å²) in [5, 5.41) is 3.25. The molecule has 0 radical (unpaired) electrons. The first kappa shape index (κ1) is 14.9. The fraction of sp³-hybridized carbons (Fsp3) is 0.562. The van der Waals surface area contributed by atoms with Crippen LogP contribution in [0.2, 0.25) is 0 Å². The third kappa shape index (κ3) is 3.51. The van der Waals surface area contributed by atoms with Gasteiger partial charge in [-0.2, -0.15) is 0 Å². The fourth-order valence-corrected chi connectivity index (χ4v) is 2.56. The lowest BCUT2D eigenvalue weighted by molar-refractivity contribution is 0.0587. The van der Waals surface area contributed by atoms with Crippen molar-refractivity contribution in [3.63, 3.8) is 0 Å². The quantitative estimate of drug-likeness (QED) is 0.899. The highest BCUT2D eigenvalue weighted by atomic mass is 16.5. The lowest BCUT2D eigenvalue weighted by Gasteiger charge is -2.22. The zero-order chi connectivity index (χ0) is 14.5. The maximum absolute atomic E-state index is 12.6. The third-order valence-corrected chi connectivity index (χ3v) is 3.62. The Morgan fingerprint density at radius 1 is 1.50 bits per heavy atom. The first-order chi connectivity index (χ1) is 9.61. The Morgan fingerprint density at radius 3 is 2.95 bits per heavy atom. The van der Waals surface area contributed by atoms with E-state index in [1.54, 1.807) is 4.90 Å². The summed E-state index contributed by atoms with van der Waals surface area (Å²) < 4.78 is 5.60. The number of nitrogens with zero attached hydrogens (tertiary/aromatic N) is 1. The van der Waals surface area contributed by atoms with E-state index in [9.17, 15) is 4.79 Å². The summed E-state index contributed by atoms with van der Waals surface area (Å²) in [4.78, 5) is 14.4. The molecule has 0 aromatic heterocycles. The second-order valence-electron chi connectivity index (χ2n) is 5.40. The molecule has 1 fully saturated rings. The average Bonchev–Trinajstić information content (AvgIpc) is 2.93. The molecular formula is C16H24N2O2. The molecule has 1 N–H and O–H groups in total. The smallest absolute Gasteiger partial charge is 0.255 e. The van der Waals surface area contributed by atoms with Crippen molar-refractivity contribution in [3.8, 4) is 0 Å². The van der Waals surface area contributed by atoms with Gasteiger partial charge < -0.3 is 15.0 Å². The first-order valence-corrected chi connectivity index (χ1v) is 7.33. The van der Waals surface area contributed by atoms with Gasteiger partial charge in [0.2, 0.25) is 0 Å². The molecule has 110 valence electrons. The van der Waals surface area contributed by atoms with E-state index in [0.717, 1.165) is 42.8 Å². The molecule has 1 unspecified atom stereocenters. The second kappa shape index (κ2) is 6.75. The van der Waals surface area contributed by atoms with Crippen molar-refractivity contribution in [2.75, 3.05) is 32.1 Å². The molecule has 2 rings (SSSR count). The number of amides is 1. The van der Waals surface area contributed by atoms with Gasteiger partial charge in [0, 0.05) is 32.4 Å². The Labute approximate surface area is 121 Å². The highest BCUT2D eigenvalue weighted by Gasteiger charge is 2.22. The average molecular weight is 276 g/mol. The maximum atomic E-state index is 12.6. The Balaban J connectivity index is 2.11. The van der Waals surface area contributed by atoms with Crippen molar-refractivity contribution in [3.05, 3.63) is 29.3 Å². The van der Waals surface area contributed by atoms with Gasteiger partial charge in [-0.3, -0.25) is 4.79 Å². The van der Waals surface area contributed by atoms with Crippen LogP contribution in [0.3, 0.4) is 0 Å². The van der Waals surface area contributed by atoms with Crippen LogP contribution >= 0.6 is 0 Å². The van der Waals surface area contributed by atoms with E-state index >= 15 is 0 Å². The highest BCUT2D eigenvalue weighted by molar-refractivity contribution is 5.99. The minimum absolute atomic E-state index is 0.0557. The summed E-state index contributed by atoms with van der Waals surface area (Å²) in [6, 6.07) is 5.95. The number of hydrogen-bond donors (Lipinski definition) is 1. The van der Waals surface area contributed by atoms with Crippen LogP contribution in [0.4, 0.5) is 5.69 Å². The minimum Gasteiger partial charge on any atom is -0.385 e. The molecule has 0 aliphatic carbocycles. The van der Waals surface area contributed by atoms with Crippen LogP contribution in [-0.4, -0.2) is 43.7 Å². The van der Waals surface area contributed by atoms with E-state index in [-0.39, 0.29) is 12.0 Å². The molecule has 0 bridgehead atoms. The van der Waals surface area contributed by atoms with Crippen LogP contribution in [0, 0.1) is 6.92 Å². The molecule has 20 heavy (non-hydrogen) atoms. The number of nitrogens with one attached hydrogen (secondary N) is 1. The molecule has 0 spiro atoms. The number of carbonyl (C=O) groups excluding carboxylic acids is 1. The zero-order valence-electron chi connectivity index (χ0n) is 12.6. The molecule has 1 heterocycles. The number of hydrogen-bond acceptors (Lipinski definition) is 3. The summed E-state index contributed by atoms with van der Waals surface area (Å²) >= 11 is 0. The Kier molecular flexibility index (Phi) is 5.01. The van der Waals surface area contributed by atoms with Crippen molar-refractivity contribution in [2.24, 2.45) is 0 Å². The van der Waals surface area contributed by atoms with Crippen molar-refractivity contribution >= 4 is 11.6 Å². The van der Waals surface area contributed by atoms with Crippen molar-refractivity contribution in [1.82, 2.24) is 4.90 Å². The molecular weight excluding hydrogens is 252 g/mol. The van der Waals surface area contributed by atoms with Gasteiger partial charge >= 0.3 is 0 Å². The topological polar surface area (TPSA) is 41.6 Å². The summed E-state index contributed by atoms with van der Waals surface area (Å²) in [5.74, 6) is 0.0557. The molecule has 4 nitrogen and oxygen atoms in total. The van der Waals surface area contributed by atoms with Crippen LogP contribution < -0.4 is 5.32 Å². The van der Waals surface area contributed by atoms with Crippen molar-refractivity contribution in [1.29, 1.82) is 0 Å². The van der Waals surface area contributed by atoms with Crippen molar-refractivity contribution in [2.45, 2.75) is 32.8 Å². The molecule has 1 amide bonds. The van der Waals surface area contributed by atoms with Gasteiger partial charge in [-0.25, -0.2) is 0 Å². The molecule has 1 atom stereocenters. The molecule has 1 aromatic rings. The normalized spacial score (nSPS) is 18.1. The van der Waals surface area contributed by atoms with Gasteiger partial charge in [0.1, 0.15) is 0 Å². The number of rotatable bonds is 5. The highest BCUT2D eigenvalue weighted by Crippen LogP contribution is 2.20. The van der Waals surface area contributed by atoms with Gasteiger partial charge in [-0.15, -0.1) is 0 Å². The van der Waals surface area contributed by atoms with Crippen LogP contribution in [0.1, 0.15) is 35.7 Å². The number of aryl methyl sites for hydroxylation is 1. The summed E-state index contributed by atoms with van der Waals surface area (Å²) in [5.41, 5.74) is 2.75. The third-order valence-electron chi connectivity index (χ3n) is 3.62.